The van der Waals surface area contributed by atoms with E-state index in [1.165, 1.54) is 38.5 Å². The molecule has 0 spiro atoms. The maximum Gasteiger partial charge on any atom is 0.407 e. The molecule has 4 saturated carbocycles. The summed E-state index contributed by atoms with van der Waals surface area (Å²) >= 11 is 0. The van der Waals surface area contributed by atoms with Gasteiger partial charge in [-0.25, -0.2) is 4.79 Å². The highest BCUT2D eigenvalue weighted by Gasteiger charge is 2.54. The molecule has 4 bridgehead atoms. The third kappa shape index (κ3) is 1.66. The van der Waals surface area contributed by atoms with Crippen LogP contribution in [0.4, 0.5) is 4.79 Å². The first kappa shape index (κ1) is 11.4. The fourth-order valence-electron chi connectivity index (χ4n) is 5.27. The van der Waals surface area contributed by atoms with Gasteiger partial charge in [-0.15, -0.1) is 0 Å². The van der Waals surface area contributed by atoms with Crippen molar-refractivity contribution in [1.82, 2.24) is 4.90 Å². The second-order valence-corrected chi connectivity index (χ2v) is 6.85. The molecule has 1 unspecified atom stereocenters. The highest BCUT2D eigenvalue weighted by Crippen LogP contribution is 2.61. The molecule has 0 radical (unpaired) electrons. The van der Waals surface area contributed by atoms with Gasteiger partial charge in [0.25, 0.3) is 0 Å². The van der Waals surface area contributed by atoms with Gasteiger partial charge < -0.3 is 10.0 Å². The number of rotatable bonds is 2. The molecule has 96 valence electrons. The van der Waals surface area contributed by atoms with Crippen LogP contribution in [-0.2, 0) is 0 Å². The number of carbonyl (C=O) groups is 1. The second-order valence-electron chi connectivity index (χ2n) is 6.85. The zero-order valence-electron chi connectivity index (χ0n) is 10.9. The fraction of sp³-hybridized carbons (Fsp3) is 0.929. The van der Waals surface area contributed by atoms with Gasteiger partial charge in [-0.2, -0.15) is 0 Å². The van der Waals surface area contributed by atoms with Gasteiger partial charge in [0, 0.05) is 13.1 Å². The molecule has 3 heteroatoms. The van der Waals surface area contributed by atoms with E-state index in [0.717, 1.165) is 17.8 Å². The maximum absolute atomic E-state index is 11.2. The average Bonchev–Trinajstić information content (AvgIpc) is 2.25. The largest absolute Gasteiger partial charge is 0.465 e. The lowest BCUT2D eigenvalue weighted by molar-refractivity contribution is -0.0881. The second kappa shape index (κ2) is 3.63. The monoisotopic (exact) mass is 237 g/mol. The van der Waals surface area contributed by atoms with E-state index < -0.39 is 6.09 Å². The molecule has 0 aromatic heterocycles. The van der Waals surface area contributed by atoms with Gasteiger partial charge in [-0.1, -0.05) is 0 Å². The summed E-state index contributed by atoms with van der Waals surface area (Å²) in [5.74, 6) is 2.68. The Kier molecular flexibility index (Phi) is 2.43. The Labute approximate surface area is 103 Å². The van der Waals surface area contributed by atoms with Crippen molar-refractivity contribution in [3.05, 3.63) is 0 Å². The molecule has 0 saturated heterocycles. The summed E-state index contributed by atoms with van der Waals surface area (Å²) < 4.78 is 0. The Morgan fingerprint density at radius 3 is 1.94 bits per heavy atom. The summed E-state index contributed by atoms with van der Waals surface area (Å²) in [6, 6.07) is 0.188. The quantitative estimate of drug-likeness (QED) is 0.801. The van der Waals surface area contributed by atoms with Gasteiger partial charge in [0.15, 0.2) is 0 Å². The van der Waals surface area contributed by atoms with Crippen molar-refractivity contribution in [1.29, 1.82) is 0 Å². The topological polar surface area (TPSA) is 40.5 Å². The molecular weight excluding hydrogens is 214 g/mol. The molecular formula is C14H23NO2. The molecule has 17 heavy (non-hydrogen) atoms. The van der Waals surface area contributed by atoms with Crippen molar-refractivity contribution < 1.29 is 9.90 Å². The molecule has 1 amide bonds. The van der Waals surface area contributed by atoms with Gasteiger partial charge in [0.05, 0.1) is 0 Å². The minimum Gasteiger partial charge on any atom is -0.465 e. The summed E-state index contributed by atoms with van der Waals surface area (Å²) in [5, 5.41) is 9.18. The zero-order valence-corrected chi connectivity index (χ0v) is 10.9. The number of carboxylic acid groups (broad SMARTS) is 1. The summed E-state index contributed by atoms with van der Waals surface area (Å²) in [4.78, 5) is 12.7. The van der Waals surface area contributed by atoms with Crippen LogP contribution in [0.1, 0.15) is 45.4 Å². The summed E-state index contributed by atoms with van der Waals surface area (Å²) in [5.41, 5.74) is 0.307. The summed E-state index contributed by atoms with van der Waals surface area (Å²) in [6.45, 7) is 2.13. The van der Waals surface area contributed by atoms with Gasteiger partial charge in [-0.05, 0) is 68.6 Å². The fourth-order valence-corrected chi connectivity index (χ4v) is 5.27. The van der Waals surface area contributed by atoms with E-state index >= 15 is 0 Å². The summed E-state index contributed by atoms with van der Waals surface area (Å²) in [7, 11) is 1.74. The minimum atomic E-state index is -0.770. The zero-order chi connectivity index (χ0) is 12.2. The lowest BCUT2D eigenvalue weighted by Gasteiger charge is -2.59. The Morgan fingerprint density at radius 2 is 1.59 bits per heavy atom. The first-order chi connectivity index (χ1) is 8.00. The third-order valence-corrected chi connectivity index (χ3v) is 5.85. The van der Waals surface area contributed by atoms with Gasteiger partial charge >= 0.3 is 6.09 Å². The van der Waals surface area contributed by atoms with E-state index in [4.69, 9.17) is 0 Å². The van der Waals surface area contributed by atoms with Crippen LogP contribution in [0.5, 0.6) is 0 Å². The van der Waals surface area contributed by atoms with Crippen LogP contribution in [0.25, 0.3) is 0 Å². The number of nitrogens with zero attached hydrogens (tertiary/aromatic N) is 1. The van der Waals surface area contributed by atoms with Crippen LogP contribution in [-0.4, -0.2) is 29.2 Å². The van der Waals surface area contributed by atoms with Crippen molar-refractivity contribution in [3.8, 4) is 0 Å². The average molecular weight is 237 g/mol. The van der Waals surface area contributed by atoms with E-state index in [0.29, 0.717) is 5.41 Å². The number of amides is 1. The molecule has 0 aliphatic heterocycles. The third-order valence-electron chi connectivity index (χ3n) is 5.85. The predicted octanol–water partition coefficient (Wildman–Crippen LogP) is 3.20. The molecule has 0 heterocycles. The first-order valence-electron chi connectivity index (χ1n) is 6.96. The first-order valence-corrected chi connectivity index (χ1v) is 6.96. The van der Waals surface area contributed by atoms with Crippen molar-refractivity contribution in [3.63, 3.8) is 0 Å². The smallest absolute Gasteiger partial charge is 0.407 e. The maximum atomic E-state index is 11.2. The highest BCUT2D eigenvalue weighted by molar-refractivity contribution is 5.65. The highest BCUT2D eigenvalue weighted by atomic mass is 16.4. The van der Waals surface area contributed by atoms with E-state index in [1.807, 2.05) is 0 Å². The predicted molar refractivity (Wildman–Crippen MR) is 65.9 cm³/mol. The van der Waals surface area contributed by atoms with E-state index in [-0.39, 0.29) is 6.04 Å². The molecule has 4 fully saturated rings. The number of hydrogen-bond donors (Lipinski definition) is 1. The normalized spacial score (nSPS) is 44.7. The Hall–Kier alpha value is -0.730. The van der Waals surface area contributed by atoms with E-state index in [2.05, 4.69) is 6.92 Å². The lowest BCUT2D eigenvalue weighted by Crippen LogP contribution is -2.56. The standard InChI is InChI=1S/C14H23NO2/c1-9(15(2)13(16)17)14-6-10-3-11(7-14)5-12(4-10)8-14/h9-12H,3-8H2,1-2H3,(H,16,17). The van der Waals surface area contributed by atoms with Crippen LogP contribution in [0.15, 0.2) is 0 Å². The minimum absolute atomic E-state index is 0.188. The van der Waals surface area contributed by atoms with Gasteiger partial charge in [0.1, 0.15) is 0 Å². The molecule has 4 aliphatic rings. The SMILES string of the molecule is CC(N(C)C(=O)O)C12CC3CC(CC(C3)C1)C2. The molecule has 0 aromatic carbocycles. The van der Waals surface area contributed by atoms with Crippen LogP contribution >= 0.6 is 0 Å². The van der Waals surface area contributed by atoms with Crippen LogP contribution in [0, 0.1) is 23.2 Å². The lowest BCUT2D eigenvalue weighted by atomic mass is 9.48. The van der Waals surface area contributed by atoms with Crippen molar-refractivity contribution in [2.75, 3.05) is 7.05 Å². The van der Waals surface area contributed by atoms with E-state index in [1.54, 1.807) is 11.9 Å². The Balaban J connectivity index is 1.84. The Bertz CT molecular complexity index is 304. The molecule has 0 aromatic rings. The Morgan fingerprint density at radius 1 is 1.18 bits per heavy atom. The van der Waals surface area contributed by atoms with Gasteiger partial charge in [0.2, 0.25) is 0 Å². The van der Waals surface area contributed by atoms with Crippen molar-refractivity contribution in [2.45, 2.75) is 51.5 Å². The van der Waals surface area contributed by atoms with Crippen molar-refractivity contribution in [2.24, 2.45) is 23.2 Å². The molecule has 4 rings (SSSR count). The molecule has 1 N–H and O–H groups in total. The van der Waals surface area contributed by atoms with Crippen LogP contribution < -0.4 is 0 Å². The van der Waals surface area contributed by atoms with Crippen LogP contribution in [0.3, 0.4) is 0 Å². The van der Waals surface area contributed by atoms with Crippen LogP contribution in [0.2, 0.25) is 0 Å². The molecule has 3 nitrogen and oxygen atoms in total. The van der Waals surface area contributed by atoms with Gasteiger partial charge in [-0.3, -0.25) is 0 Å². The molecule has 1 atom stereocenters. The van der Waals surface area contributed by atoms with Crippen molar-refractivity contribution >= 4 is 6.09 Å². The van der Waals surface area contributed by atoms with E-state index in [9.17, 15) is 9.90 Å². The summed E-state index contributed by atoms with van der Waals surface area (Å²) in [6.07, 6.45) is 7.31. The number of hydrogen-bond acceptors (Lipinski definition) is 1. The molecule has 4 aliphatic carbocycles.